The van der Waals surface area contributed by atoms with Crippen LogP contribution >= 0.6 is 24.8 Å². The van der Waals surface area contributed by atoms with Crippen LogP contribution in [0.5, 0.6) is 0 Å². The molecule has 0 aromatic carbocycles. The molecular weight excluding hydrogens is 415 g/mol. The highest BCUT2D eigenvalue weighted by molar-refractivity contribution is 5.85. The van der Waals surface area contributed by atoms with E-state index in [4.69, 9.17) is 4.74 Å². The Morgan fingerprint density at radius 3 is 2.59 bits per heavy atom. The number of piperidine rings is 1. The molecule has 3 aliphatic rings. The minimum Gasteiger partial charge on any atom is -0.441 e. The van der Waals surface area contributed by atoms with Crippen molar-refractivity contribution in [2.24, 2.45) is 5.92 Å². The molecule has 9 heteroatoms. The number of halogens is 2. The Hall–Kier alpha value is -0.760. The van der Waals surface area contributed by atoms with Crippen molar-refractivity contribution in [3.05, 3.63) is 0 Å². The van der Waals surface area contributed by atoms with Gasteiger partial charge in [-0.25, -0.2) is 4.79 Å². The van der Waals surface area contributed by atoms with E-state index in [0.717, 1.165) is 58.3 Å². The molecule has 3 rings (SSSR count). The largest absolute Gasteiger partial charge is 0.441 e. The van der Waals surface area contributed by atoms with Gasteiger partial charge in [-0.2, -0.15) is 0 Å². The summed E-state index contributed by atoms with van der Waals surface area (Å²) in [5, 5.41) is 3.28. The summed E-state index contributed by atoms with van der Waals surface area (Å²) >= 11 is 0. The monoisotopic (exact) mass is 452 g/mol. The molecule has 0 aromatic rings. The molecule has 0 unspecified atom stereocenters. The lowest BCUT2D eigenvalue weighted by Gasteiger charge is -2.38. The Bertz CT molecular complexity index is 536. The molecule has 3 aliphatic heterocycles. The number of nitrogens with zero attached hydrogens (tertiary/aromatic N) is 3. The van der Waals surface area contributed by atoms with Crippen LogP contribution in [-0.4, -0.2) is 91.2 Å². The Morgan fingerprint density at radius 2 is 2.00 bits per heavy atom. The van der Waals surface area contributed by atoms with Crippen molar-refractivity contribution in [2.75, 3.05) is 52.9 Å². The van der Waals surface area contributed by atoms with Gasteiger partial charge in [-0.1, -0.05) is 13.8 Å². The number of amides is 2. The number of ether oxygens (including phenoxy) is 1. The molecule has 0 radical (unpaired) electrons. The SMILES string of the molecule is CC(C)CN(C)CCCN1CC2(CCN(C(=O)[C@H]3CCCN3)CC2)OC1=O.Cl.Cl. The number of hydrogen-bond donors (Lipinski definition) is 1. The van der Waals surface area contributed by atoms with Crippen LogP contribution in [0.15, 0.2) is 0 Å². The molecule has 29 heavy (non-hydrogen) atoms. The van der Waals surface area contributed by atoms with Gasteiger partial charge < -0.3 is 24.8 Å². The standard InChI is InChI=1S/C20H36N4O3.2ClH/c1-16(2)14-22(3)10-5-11-24-15-20(27-19(24)26)7-12-23(13-8-20)18(25)17-6-4-9-21-17;;/h16-17,21H,4-15H2,1-3H3;2*1H/t17-;;/m1../s1. The third kappa shape index (κ3) is 6.88. The summed E-state index contributed by atoms with van der Waals surface area (Å²) in [6.07, 6.45) is 4.30. The van der Waals surface area contributed by atoms with Crippen molar-refractivity contribution in [1.82, 2.24) is 20.0 Å². The first-order valence-corrected chi connectivity index (χ1v) is 10.6. The summed E-state index contributed by atoms with van der Waals surface area (Å²) in [7, 11) is 2.13. The fourth-order valence-electron chi connectivity index (χ4n) is 4.62. The van der Waals surface area contributed by atoms with E-state index >= 15 is 0 Å². The van der Waals surface area contributed by atoms with Crippen molar-refractivity contribution in [1.29, 1.82) is 0 Å². The van der Waals surface area contributed by atoms with Crippen molar-refractivity contribution >= 4 is 36.8 Å². The highest BCUT2D eigenvalue weighted by Crippen LogP contribution is 2.33. The highest BCUT2D eigenvalue weighted by Gasteiger charge is 2.47. The second-order valence-corrected chi connectivity index (χ2v) is 8.96. The Morgan fingerprint density at radius 1 is 1.31 bits per heavy atom. The summed E-state index contributed by atoms with van der Waals surface area (Å²) < 4.78 is 5.80. The minimum absolute atomic E-state index is 0. The van der Waals surface area contributed by atoms with Crippen LogP contribution in [-0.2, 0) is 9.53 Å². The molecule has 3 saturated heterocycles. The fourth-order valence-corrected chi connectivity index (χ4v) is 4.62. The van der Waals surface area contributed by atoms with Crippen LogP contribution in [0.3, 0.4) is 0 Å². The van der Waals surface area contributed by atoms with Gasteiger partial charge in [0.25, 0.3) is 0 Å². The average Bonchev–Trinajstić information content (AvgIpc) is 3.24. The van der Waals surface area contributed by atoms with Gasteiger partial charge in [-0.3, -0.25) is 4.79 Å². The Kier molecular flexibility index (Phi) is 10.5. The summed E-state index contributed by atoms with van der Waals surface area (Å²) in [6.45, 7) is 10.2. The smallest absolute Gasteiger partial charge is 0.410 e. The zero-order valence-electron chi connectivity index (χ0n) is 18.0. The zero-order valence-corrected chi connectivity index (χ0v) is 19.7. The lowest BCUT2D eigenvalue weighted by molar-refractivity contribution is -0.136. The van der Waals surface area contributed by atoms with Crippen molar-refractivity contribution in [2.45, 2.75) is 57.6 Å². The number of rotatable bonds is 7. The van der Waals surface area contributed by atoms with Gasteiger partial charge in [0.1, 0.15) is 5.60 Å². The summed E-state index contributed by atoms with van der Waals surface area (Å²) in [5.41, 5.74) is -0.388. The van der Waals surface area contributed by atoms with E-state index < -0.39 is 0 Å². The highest BCUT2D eigenvalue weighted by atomic mass is 35.5. The van der Waals surface area contributed by atoms with E-state index in [1.807, 2.05) is 9.80 Å². The molecule has 1 N–H and O–H groups in total. The van der Waals surface area contributed by atoms with Gasteiger partial charge in [0.05, 0.1) is 12.6 Å². The maximum atomic E-state index is 12.6. The van der Waals surface area contributed by atoms with E-state index in [0.29, 0.717) is 25.6 Å². The van der Waals surface area contributed by atoms with Crippen LogP contribution in [0.4, 0.5) is 4.79 Å². The first kappa shape index (κ1) is 26.3. The van der Waals surface area contributed by atoms with Gasteiger partial charge >= 0.3 is 6.09 Å². The average molecular weight is 453 g/mol. The van der Waals surface area contributed by atoms with Gasteiger partial charge in [-0.05, 0) is 45.3 Å². The van der Waals surface area contributed by atoms with E-state index in [2.05, 4.69) is 31.1 Å². The molecule has 1 spiro atoms. The Balaban J connectivity index is 0.00000210. The fraction of sp³-hybridized carbons (Fsp3) is 0.900. The number of nitrogens with one attached hydrogen (secondary N) is 1. The normalized spacial score (nSPS) is 23.3. The van der Waals surface area contributed by atoms with Crippen LogP contribution in [0.2, 0.25) is 0 Å². The summed E-state index contributed by atoms with van der Waals surface area (Å²) in [6, 6.07) is -0.00972. The zero-order chi connectivity index (χ0) is 19.4. The van der Waals surface area contributed by atoms with Crippen LogP contribution in [0.1, 0.15) is 46.0 Å². The Labute approximate surface area is 187 Å². The molecule has 170 valence electrons. The first-order valence-electron chi connectivity index (χ1n) is 10.6. The second-order valence-electron chi connectivity index (χ2n) is 8.96. The number of carbonyl (C=O) groups is 2. The van der Waals surface area contributed by atoms with Gasteiger partial charge in [-0.15, -0.1) is 24.8 Å². The lowest BCUT2D eigenvalue weighted by Crippen LogP contribution is -2.52. The van der Waals surface area contributed by atoms with Crippen molar-refractivity contribution < 1.29 is 14.3 Å². The number of carbonyl (C=O) groups excluding carboxylic acids is 2. The van der Waals surface area contributed by atoms with E-state index in [1.165, 1.54) is 0 Å². The van der Waals surface area contributed by atoms with E-state index in [1.54, 1.807) is 0 Å². The van der Waals surface area contributed by atoms with Gasteiger partial charge in [0.15, 0.2) is 0 Å². The first-order chi connectivity index (χ1) is 12.9. The van der Waals surface area contributed by atoms with Gasteiger partial charge in [0.2, 0.25) is 5.91 Å². The molecule has 0 bridgehead atoms. The predicted molar refractivity (Wildman–Crippen MR) is 119 cm³/mol. The van der Waals surface area contributed by atoms with Gasteiger partial charge in [0, 0.05) is 39.0 Å². The van der Waals surface area contributed by atoms with E-state index in [9.17, 15) is 9.59 Å². The lowest BCUT2D eigenvalue weighted by atomic mass is 9.91. The molecule has 2 amide bonds. The quantitative estimate of drug-likeness (QED) is 0.641. The van der Waals surface area contributed by atoms with E-state index in [-0.39, 0.29) is 48.5 Å². The van der Waals surface area contributed by atoms with Crippen molar-refractivity contribution in [3.63, 3.8) is 0 Å². The molecule has 3 fully saturated rings. The molecule has 3 heterocycles. The third-order valence-corrected chi connectivity index (χ3v) is 6.03. The number of likely N-dealkylation sites (tertiary alicyclic amines) is 1. The molecule has 0 aliphatic carbocycles. The predicted octanol–water partition coefficient (Wildman–Crippen LogP) is 2.37. The van der Waals surface area contributed by atoms with Crippen molar-refractivity contribution in [3.8, 4) is 0 Å². The molecule has 7 nitrogen and oxygen atoms in total. The number of hydrogen-bond acceptors (Lipinski definition) is 5. The molecule has 0 aromatic heterocycles. The summed E-state index contributed by atoms with van der Waals surface area (Å²) in [5.74, 6) is 0.874. The van der Waals surface area contributed by atoms with Crippen LogP contribution in [0.25, 0.3) is 0 Å². The second kappa shape index (κ2) is 11.6. The molecule has 1 atom stereocenters. The maximum Gasteiger partial charge on any atom is 0.410 e. The van der Waals surface area contributed by atoms with Crippen LogP contribution in [0, 0.1) is 5.92 Å². The third-order valence-electron chi connectivity index (χ3n) is 6.03. The molecular formula is C20H38Cl2N4O3. The minimum atomic E-state index is -0.388. The topological polar surface area (TPSA) is 65.1 Å². The maximum absolute atomic E-state index is 12.6. The summed E-state index contributed by atoms with van der Waals surface area (Å²) in [4.78, 5) is 31.0. The van der Waals surface area contributed by atoms with Crippen LogP contribution < -0.4 is 5.32 Å². The molecule has 0 saturated carbocycles.